The molecule has 1 saturated heterocycles. The van der Waals surface area contributed by atoms with Crippen molar-refractivity contribution in [2.75, 3.05) is 13.1 Å². The average molecular weight is 458 g/mol. The third kappa shape index (κ3) is 5.85. The van der Waals surface area contributed by atoms with E-state index in [0.717, 1.165) is 12.8 Å². The zero-order valence-corrected chi connectivity index (χ0v) is 19.0. The summed E-state index contributed by atoms with van der Waals surface area (Å²) in [5, 5.41) is 14.7. The molecule has 8 heteroatoms. The van der Waals surface area contributed by atoms with Gasteiger partial charge in [-0.2, -0.15) is 0 Å². The van der Waals surface area contributed by atoms with E-state index < -0.39 is 16.9 Å². The normalized spacial score (nSPS) is 15.4. The fourth-order valence-electron chi connectivity index (χ4n) is 4.11. The lowest BCUT2D eigenvalue weighted by atomic mass is 9.89. The number of piperidine rings is 1. The van der Waals surface area contributed by atoms with Crippen LogP contribution in [0.15, 0.2) is 48.5 Å². The van der Waals surface area contributed by atoms with Gasteiger partial charge in [0.25, 0.3) is 5.69 Å². The van der Waals surface area contributed by atoms with Crippen molar-refractivity contribution in [1.29, 1.82) is 0 Å². The summed E-state index contributed by atoms with van der Waals surface area (Å²) in [4.78, 5) is 38.3. The summed E-state index contributed by atoms with van der Waals surface area (Å²) in [7, 11) is 0. The molecule has 0 aromatic heterocycles. The number of benzene rings is 2. The van der Waals surface area contributed by atoms with Crippen LogP contribution in [0, 0.1) is 16.0 Å². The SMILES string of the molecule is CC(C)[C@@H](NC(=O)Cc1ccccc1[N+](=O)[O-])C(=O)N1CCC(c2ccc(Cl)cc2)CC1. The molecule has 1 atom stereocenters. The minimum atomic E-state index is -0.669. The van der Waals surface area contributed by atoms with Crippen LogP contribution in [0.5, 0.6) is 0 Å². The van der Waals surface area contributed by atoms with E-state index in [2.05, 4.69) is 5.32 Å². The monoisotopic (exact) mass is 457 g/mol. The van der Waals surface area contributed by atoms with E-state index in [1.165, 1.54) is 11.6 Å². The second-order valence-corrected chi connectivity index (χ2v) is 8.94. The van der Waals surface area contributed by atoms with Gasteiger partial charge < -0.3 is 10.2 Å². The molecule has 170 valence electrons. The highest BCUT2D eigenvalue weighted by Gasteiger charge is 2.32. The summed E-state index contributed by atoms with van der Waals surface area (Å²) in [6.45, 7) is 5.01. The molecule has 0 saturated carbocycles. The maximum absolute atomic E-state index is 13.2. The van der Waals surface area contributed by atoms with Crippen LogP contribution in [-0.4, -0.2) is 40.8 Å². The van der Waals surface area contributed by atoms with Gasteiger partial charge in [0.05, 0.1) is 11.3 Å². The quantitative estimate of drug-likeness (QED) is 0.494. The molecule has 1 aliphatic rings. The first-order valence-electron chi connectivity index (χ1n) is 10.8. The molecule has 1 fully saturated rings. The minimum Gasteiger partial charge on any atom is -0.344 e. The van der Waals surface area contributed by atoms with Crippen molar-refractivity contribution in [2.24, 2.45) is 5.92 Å². The average Bonchev–Trinajstić information content (AvgIpc) is 2.77. The number of hydrogen-bond donors (Lipinski definition) is 1. The second kappa shape index (κ2) is 10.6. The lowest BCUT2D eigenvalue weighted by Crippen LogP contribution is -2.53. The Morgan fingerprint density at radius 3 is 2.34 bits per heavy atom. The zero-order chi connectivity index (χ0) is 23.3. The smallest absolute Gasteiger partial charge is 0.273 e. The van der Waals surface area contributed by atoms with Gasteiger partial charge in [-0.25, -0.2) is 0 Å². The number of carbonyl (C=O) groups is 2. The Labute approximate surface area is 192 Å². The van der Waals surface area contributed by atoms with Gasteiger partial charge in [0.2, 0.25) is 11.8 Å². The molecule has 1 heterocycles. The molecular formula is C24H28ClN3O4. The fraction of sp³-hybridized carbons (Fsp3) is 0.417. The summed E-state index contributed by atoms with van der Waals surface area (Å²) in [5.74, 6) is -0.235. The van der Waals surface area contributed by atoms with Crippen molar-refractivity contribution >= 4 is 29.1 Å². The number of nitro benzene ring substituents is 1. The zero-order valence-electron chi connectivity index (χ0n) is 18.3. The molecule has 0 bridgehead atoms. The van der Waals surface area contributed by atoms with Gasteiger partial charge in [-0.1, -0.05) is 55.8 Å². The number of halogens is 1. The van der Waals surface area contributed by atoms with Gasteiger partial charge >= 0.3 is 0 Å². The first-order valence-corrected chi connectivity index (χ1v) is 11.2. The predicted molar refractivity (Wildman–Crippen MR) is 124 cm³/mol. The van der Waals surface area contributed by atoms with Crippen LogP contribution in [0.1, 0.15) is 43.7 Å². The number of nitro groups is 1. The Hall–Kier alpha value is -2.93. The van der Waals surface area contributed by atoms with Gasteiger partial charge in [-0.3, -0.25) is 19.7 Å². The third-order valence-electron chi connectivity index (χ3n) is 5.94. The first kappa shape index (κ1) is 23.7. The van der Waals surface area contributed by atoms with E-state index in [1.54, 1.807) is 18.2 Å². The lowest BCUT2D eigenvalue weighted by Gasteiger charge is -2.35. The molecule has 0 unspecified atom stereocenters. The summed E-state index contributed by atoms with van der Waals surface area (Å²) >= 11 is 5.98. The molecule has 1 aliphatic heterocycles. The number of nitrogens with one attached hydrogen (secondary N) is 1. The molecule has 0 spiro atoms. The lowest BCUT2D eigenvalue weighted by molar-refractivity contribution is -0.385. The van der Waals surface area contributed by atoms with Gasteiger partial charge in [0, 0.05) is 29.7 Å². The Morgan fingerprint density at radius 1 is 1.12 bits per heavy atom. The second-order valence-electron chi connectivity index (χ2n) is 8.50. The fourth-order valence-corrected chi connectivity index (χ4v) is 4.24. The van der Waals surface area contributed by atoms with Crippen LogP contribution in [0.25, 0.3) is 0 Å². The Balaban J connectivity index is 1.61. The van der Waals surface area contributed by atoms with Crippen molar-refractivity contribution in [3.8, 4) is 0 Å². The molecule has 2 aromatic carbocycles. The molecule has 1 N–H and O–H groups in total. The Morgan fingerprint density at radius 2 is 1.75 bits per heavy atom. The number of amides is 2. The maximum Gasteiger partial charge on any atom is 0.273 e. The summed E-state index contributed by atoms with van der Waals surface area (Å²) < 4.78 is 0. The van der Waals surface area contributed by atoms with Crippen molar-refractivity contribution in [3.63, 3.8) is 0 Å². The van der Waals surface area contributed by atoms with Gasteiger partial charge in [0.15, 0.2) is 0 Å². The number of para-hydroxylation sites is 1. The van der Waals surface area contributed by atoms with Crippen LogP contribution < -0.4 is 5.32 Å². The van der Waals surface area contributed by atoms with Crippen LogP contribution >= 0.6 is 11.6 Å². The van der Waals surface area contributed by atoms with E-state index in [0.29, 0.717) is 29.6 Å². The molecule has 2 aromatic rings. The number of nitrogens with zero attached hydrogens (tertiary/aromatic N) is 2. The largest absolute Gasteiger partial charge is 0.344 e. The van der Waals surface area contributed by atoms with Gasteiger partial charge in [-0.05, 0) is 42.4 Å². The van der Waals surface area contributed by atoms with Crippen molar-refractivity contribution < 1.29 is 14.5 Å². The molecule has 2 amide bonds. The summed E-state index contributed by atoms with van der Waals surface area (Å²) in [6, 6.07) is 13.3. The van der Waals surface area contributed by atoms with Crippen molar-refractivity contribution in [1.82, 2.24) is 10.2 Å². The number of hydrogen-bond acceptors (Lipinski definition) is 4. The Kier molecular flexibility index (Phi) is 7.85. The standard InChI is InChI=1S/C24H28ClN3O4/c1-16(2)23(26-22(29)15-19-5-3-4-6-21(19)28(31)32)24(30)27-13-11-18(12-14-27)17-7-9-20(25)10-8-17/h3-10,16,18,23H,11-15H2,1-2H3,(H,26,29)/t23-/m1/s1. The maximum atomic E-state index is 13.2. The van der Waals surface area contributed by atoms with Gasteiger partial charge in [-0.15, -0.1) is 0 Å². The molecule has 0 aliphatic carbocycles. The van der Waals surface area contributed by atoms with Crippen molar-refractivity contribution in [2.45, 2.75) is 45.1 Å². The minimum absolute atomic E-state index is 0.0978. The van der Waals surface area contributed by atoms with E-state index in [4.69, 9.17) is 11.6 Å². The summed E-state index contributed by atoms with van der Waals surface area (Å²) in [5.41, 5.74) is 1.45. The highest BCUT2D eigenvalue weighted by molar-refractivity contribution is 6.30. The van der Waals surface area contributed by atoms with Crippen LogP contribution in [0.4, 0.5) is 5.69 Å². The number of rotatable bonds is 7. The van der Waals surface area contributed by atoms with E-state index in [9.17, 15) is 19.7 Å². The van der Waals surface area contributed by atoms with Crippen LogP contribution in [-0.2, 0) is 16.0 Å². The highest BCUT2D eigenvalue weighted by atomic mass is 35.5. The van der Waals surface area contributed by atoms with Crippen molar-refractivity contribution in [3.05, 3.63) is 74.8 Å². The predicted octanol–water partition coefficient (Wildman–Crippen LogP) is 4.34. The molecular weight excluding hydrogens is 430 g/mol. The van der Waals surface area contributed by atoms with E-state index in [1.807, 2.05) is 43.0 Å². The van der Waals surface area contributed by atoms with E-state index in [-0.39, 0.29) is 23.9 Å². The third-order valence-corrected chi connectivity index (χ3v) is 6.19. The topological polar surface area (TPSA) is 92.5 Å². The molecule has 7 nitrogen and oxygen atoms in total. The first-order chi connectivity index (χ1) is 15.3. The van der Waals surface area contributed by atoms with Crippen LogP contribution in [0.3, 0.4) is 0 Å². The molecule has 32 heavy (non-hydrogen) atoms. The van der Waals surface area contributed by atoms with Gasteiger partial charge in [0.1, 0.15) is 6.04 Å². The summed E-state index contributed by atoms with van der Waals surface area (Å²) in [6.07, 6.45) is 1.55. The molecule has 3 rings (SSSR count). The molecule has 0 radical (unpaired) electrons. The highest BCUT2D eigenvalue weighted by Crippen LogP contribution is 2.29. The number of carbonyl (C=O) groups excluding carboxylic acids is 2. The number of likely N-dealkylation sites (tertiary alicyclic amines) is 1. The Bertz CT molecular complexity index is 969. The van der Waals surface area contributed by atoms with Crippen LogP contribution in [0.2, 0.25) is 5.02 Å². The van der Waals surface area contributed by atoms with E-state index >= 15 is 0 Å².